The lowest BCUT2D eigenvalue weighted by Gasteiger charge is -2.10. The topological polar surface area (TPSA) is 145 Å². The fraction of sp³-hybridized carbons (Fsp3) is 0.0500. The van der Waals surface area contributed by atoms with Crippen molar-refractivity contribution in [1.82, 2.24) is 20.2 Å². The second-order valence-corrected chi connectivity index (χ2v) is 8.23. The maximum atomic E-state index is 11.6. The number of aromatic nitrogens is 4. The van der Waals surface area contributed by atoms with Gasteiger partial charge in [-0.25, -0.2) is 23.5 Å². The first-order chi connectivity index (χ1) is 15.0. The van der Waals surface area contributed by atoms with Gasteiger partial charge < -0.3 is 14.8 Å². The number of rotatable bonds is 5. The summed E-state index contributed by atoms with van der Waals surface area (Å²) in [7, 11) is -3.82. The Hall–Kier alpha value is -3.96. The Morgan fingerprint density at radius 3 is 2.77 bits per heavy atom. The number of nitrogens with two attached hydrogens (primary N) is 1. The molecule has 156 valence electrons. The summed E-state index contributed by atoms with van der Waals surface area (Å²) < 4.78 is 34.0. The minimum atomic E-state index is -3.82. The molecule has 4 N–H and O–H groups in total. The highest BCUT2D eigenvalue weighted by Gasteiger charge is 2.17. The number of sulfonamides is 1. The first kappa shape index (κ1) is 19.0. The number of anilines is 2. The minimum absolute atomic E-state index is 0.000240. The molecule has 0 unspecified atom stereocenters. The summed E-state index contributed by atoms with van der Waals surface area (Å²) in [4.78, 5) is 8.93. The average Bonchev–Trinajstić information content (AvgIpc) is 3.43. The summed E-state index contributed by atoms with van der Waals surface area (Å²) in [5.74, 6) is 2.77. The Kier molecular flexibility index (Phi) is 4.53. The van der Waals surface area contributed by atoms with Crippen LogP contribution in [-0.4, -0.2) is 35.4 Å². The molecule has 1 aliphatic rings. The van der Waals surface area contributed by atoms with Crippen LogP contribution < -0.4 is 19.9 Å². The number of nitrogens with one attached hydrogen (secondary N) is 2. The van der Waals surface area contributed by atoms with Gasteiger partial charge >= 0.3 is 0 Å². The Labute approximate surface area is 177 Å². The lowest BCUT2D eigenvalue weighted by atomic mass is 10.2. The molecule has 0 bridgehead atoms. The van der Waals surface area contributed by atoms with Gasteiger partial charge in [0.1, 0.15) is 5.82 Å². The first-order valence-corrected chi connectivity index (χ1v) is 10.7. The Balaban J connectivity index is 1.47. The third kappa shape index (κ3) is 3.79. The van der Waals surface area contributed by atoms with Gasteiger partial charge in [-0.3, -0.25) is 5.10 Å². The molecule has 5 rings (SSSR count). The van der Waals surface area contributed by atoms with Crippen LogP contribution in [0.15, 0.2) is 65.7 Å². The van der Waals surface area contributed by atoms with E-state index in [9.17, 15) is 8.42 Å². The molecule has 0 saturated carbocycles. The minimum Gasteiger partial charge on any atom is -0.454 e. The molecule has 0 spiro atoms. The van der Waals surface area contributed by atoms with Crippen molar-refractivity contribution in [1.29, 1.82) is 0 Å². The van der Waals surface area contributed by atoms with E-state index in [1.54, 1.807) is 24.4 Å². The Bertz CT molecular complexity index is 1390. The number of fused-ring (bicyclic) bond motifs is 1. The summed E-state index contributed by atoms with van der Waals surface area (Å²) in [6.07, 6.45) is 1.62. The fourth-order valence-electron chi connectivity index (χ4n) is 3.13. The van der Waals surface area contributed by atoms with Crippen molar-refractivity contribution in [3.05, 3.63) is 60.8 Å². The monoisotopic (exact) mass is 436 g/mol. The van der Waals surface area contributed by atoms with Gasteiger partial charge in [0.2, 0.25) is 16.8 Å². The van der Waals surface area contributed by atoms with Crippen molar-refractivity contribution in [2.45, 2.75) is 4.90 Å². The van der Waals surface area contributed by atoms with E-state index in [1.165, 1.54) is 12.1 Å². The van der Waals surface area contributed by atoms with E-state index in [0.29, 0.717) is 40.2 Å². The van der Waals surface area contributed by atoms with E-state index in [1.807, 2.05) is 24.3 Å². The van der Waals surface area contributed by atoms with E-state index in [4.69, 9.17) is 14.6 Å². The molecule has 1 aliphatic heterocycles. The fourth-order valence-corrected chi connectivity index (χ4v) is 3.69. The number of pyridine rings is 1. The molecule has 31 heavy (non-hydrogen) atoms. The number of ether oxygens (including phenoxy) is 2. The highest BCUT2D eigenvalue weighted by Crippen LogP contribution is 2.35. The van der Waals surface area contributed by atoms with E-state index in [-0.39, 0.29) is 11.7 Å². The van der Waals surface area contributed by atoms with Gasteiger partial charge in [-0.1, -0.05) is 6.07 Å². The van der Waals surface area contributed by atoms with Gasteiger partial charge in [0.05, 0.1) is 10.5 Å². The summed E-state index contributed by atoms with van der Waals surface area (Å²) in [6.45, 7) is 0.190. The number of aromatic amines is 1. The second-order valence-electron chi connectivity index (χ2n) is 6.67. The third-order valence-electron chi connectivity index (χ3n) is 4.60. The van der Waals surface area contributed by atoms with E-state index >= 15 is 0 Å². The third-order valence-corrected chi connectivity index (χ3v) is 5.52. The van der Waals surface area contributed by atoms with Crippen LogP contribution in [0.1, 0.15) is 0 Å². The molecule has 3 heterocycles. The van der Waals surface area contributed by atoms with Crippen molar-refractivity contribution in [3.8, 4) is 34.3 Å². The largest absolute Gasteiger partial charge is 0.454 e. The van der Waals surface area contributed by atoms with Crippen LogP contribution in [-0.2, 0) is 10.0 Å². The van der Waals surface area contributed by atoms with E-state index < -0.39 is 10.0 Å². The second kappa shape index (κ2) is 7.38. The Morgan fingerprint density at radius 1 is 1.03 bits per heavy atom. The maximum absolute atomic E-state index is 11.6. The predicted molar refractivity (Wildman–Crippen MR) is 112 cm³/mol. The van der Waals surface area contributed by atoms with Gasteiger partial charge in [-0.2, -0.15) is 5.10 Å². The van der Waals surface area contributed by atoms with Gasteiger partial charge in [0, 0.05) is 17.4 Å². The van der Waals surface area contributed by atoms with Gasteiger partial charge in [0.25, 0.3) is 0 Å². The highest BCUT2D eigenvalue weighted by atomic mass is 32.2. The van der Waals surface area contributed by atoms with Crippen molar-refractivity contribution in [3.63, 3.8) is 0 Å². The number of hydrogen-bond acceptors (Lipinski definition) is 8. The molecule has 4 aromatic rings. The highest BCUT2D eigenvalue weighted by molar-refractivity contribution is 7.89. The standard InChI is InChI=1S/C20H16N6O4S/c21-31(27,28)14-4-1-3-13(10-14)23-19-15(5-2-8-22-19)20-24-18(25-26-20)12-6-7-16-17(9-12)30-11-29-16/h1-10H,11H2,(H,22,23)(H2,21,27,28)(H,24,25,26). The molecule has 2 aromatic carbocycles. The van der Waals surface area contributed by atoms with Crippen LogP contribution in [0.5, 0.6) is 11.5 Å². The van der Waals surface area contributed by atoms with Crippen molar-refractivity contribution in [2.24, 2.45) is 5.14 Å². The summed E-state index contributed by atoms with van der Waals surface area (Å²) in [6, 6.07) is 15.2. The lowest BCUT2D eigenvalue weighted by Crippen LogP contribution is -2.12. The molecule has 2 aromatic heterocycles. The van der Waals surface area contributed by atoms with Crippen molar-refractivity contribution in [2.75, 3.05) is 12.1 Å². The number of primary sulfonamides is 1. The normalized spacial score (nSPS) is 12.7. The molecule has 0 saturated heterocycles. The quantitative estimate of drug-likeness (QED) is 0.433. The van der Waals surface area contributed by atoms with E-state index in [0.717, 1.165) is 5.56 Å². The van der Waals surface area contributed by atoms with Crippen LogP contribution >= 0.6 is 0 Å². The van der Waals surface area contributed by atoms with Crippen molar-refractivity contribution < 1.29 is 17.9 Å². The van der Waals surface area contributed by atoms with Crippen LogP contribution in [0.25, 0.3) is 22.8 Å². The molecule has 0 atom stereocenters. The van der Waals surface area contributed by atoms with Crippen LogP contribution in [0.4, 0.5) is 11.5 Å². The molecular formula is C20H16N6O4S. The van der Waals surface area contributed by atoms with Gasteiger partial charge in [-0.15, -0.1) is 0 Å². The number of benzene rings is 2. The lowest BCUT2D eigenvalue weighted by molar-refractivity contribution is 0.174. The number of nitrogens with zero attached hydrogens (tertiary/aromatic N) is 3. The van der Waals surface area contributed by atoms with E-state index in [2.05, 4.69) is 25.5 Å². The molecule has 0 amide bonds. The zero-order valence-electron chi connectivity index (χ0n) is 15.9. The SMILES string of the molecule is NS(=O)(=O)c1cccc(Nc2ncccc2-c2nc(-c3ccc4c(c3)OCO4)n[nH]2)c1. The van der Waals surface area contributed by atoms with Crippen LogP contribution in [0.2, 0.25) is 0 Å². The van der Waals surface area contributed by atoms with Crippen LogP contribution in [0.3, 0.4) is 0 Å². The predicted octanol–water partition coefficient (Wildman–Crippen LogP) is 2.65. The van der Waals surface area contributed by atoms with Gasteiger partial charge in [0.15, 0.2) is 23.1 Å². The van der Waals surface area contributed by atoms with Gasteiger partial charge in [-0.05, 0) is 48.5 Å². The Morgan fingerprint density at radius 2 is 1.90 bits per heavy atom. The average molecular weight is 436 g/mol. The molecule has 11 heteroatoms. The summed E-state index contributed by atoms with van der Waals surface area (Å²) >= 11 is 0. The maximum Gasteiger partial charge on any atom is 0.238 e. The number of hydrogen-bond donors (Lipinski definition) is 3. The molecular weight excluding hydrogens is 420 g/mol. The van der Waals surface area contributed by atoms with Crippen molar-refractivity contribution >= 4 is 21.5 Å². The molecule has 10 nitrogen and oxygen atoms in total. The summed E-state index contributed by atoms with van der Waals surface area (Å²) in [5.41, 5.74) is 1.94. The molecule has 0 aliphatic carbocycles. The zero-order valence-corrected chi connectivity index (χ0v) is 16.8. The smallest absolute Gasteiger partial charge is 0.238 e. The molecule has 0 fully saturated rings. The zero-order chi connectivity index (χ0) is 21.4. The molecule has 0 radical (unpaired) electrons. The van der Waals surface area contributed by atoms with Crippen LogP contribution in [0, 0.1) is 0 Å². The first-order valence-electron chi connectivity index (χ1n) is 9.15. The summed E-state index contributed by atoms with van der Waals surface area (Å²) in [5, 5.41) is 15.6. The number of H-pyrrole nitrogens is 1.